The van der Waals surface area contributed by atoms with Gasteiger partial charge in [-0.25, -0.2) is 4.79 Å². The summed E-state index contributed by atoms with van der Waals surface area (Å²) in [5, 5.41) is 11.5. The molecule has 6 nitrogen and oxygen atoms in total. The minimum atomic E-state index is -1.02. The van der Waals surface area contributed by atoms with E-state index in [2.05, 4.69) is 12.2 Å². The second kappa shape index (κ2) is 12.7. The largest absolute Gasteiger partial charge is 0.480 e. The number of nitrogens with zero attached hydrogens (tertiary/aromatic N) is 1. The van der Waals surface area contributed by atoms with Crippen LogP contribution in [-0.2, 0) is 9.53 Å². The fraction of sp³-hybridized carbons (Fsp3) is 0.857. The van der Waals surface area contributed by atoms with E-state index in [4.69, 9.17) is 9.84 Å². The van der Waals surface area contributed by atoms with Crippen molar-refractivity contribution in [1.82, 2.24) is 10.2 Å². The number of amides is 2. The highest BCUT2D eigenvalue weighted by molar-refractivity contribution is 5.80. The van der Waals surface area contributed by atoms with Gasteiger partial charge in [0.1, 0.15) is 6.54 Å². The Kier molecular flexibility index (Phi) is 11.9. The molecule has 0 aliphatic carbocycles. The highest BCUT2D eigenvalue weighted by Crippen LogP contribution is 2.04. The van der Waals surface area contributed by atoms with Gasteiger partial charge in [0.05, 0.1) is 6.61 Å². The van der Waals surface area contributed by atoms with E-state index in [1.807, 2.05) is 0 Å². The van der Waals surface area contributed by atoms with E-state index >= 15 is 0 Å². The van der Waals surface area contributed by atoms with Crippen LogP contribution in [0.2, 0.25) is 0 Å². The van der Waals surface area contributed by atoms with Gasteiger partial charge in [-0.15, -0.1) is 0 Å². The van der Waals surface area contributed by atoms with Crippen molar-refractivity contribution in [3.8, 4) is 0 Å². The molecule has 6 heteroatoms. The Bertz CT molecular complexity index is 272. The number of carbonyl (C=O) groups is 2. The van der Waals surface area contributed by atoms with Gasteiger partial charge in [-0.1, -0.05) is 39.0 Å². The Balaban J connectivity index is 3.79. The molecule has 0 fully saturated rings. The van der Waals surface area contributed by atoms with Gasteiger partial charge >= 0.3 is 12.0 Å². The van der Waals surface area contributed by atoms with Crippen LogP contribution in [0.5, 0.6) is 0 Å². The highest BCUT2D eigenvalue weighted by Gasteiger charge is 2.15. The first-order chi connectivity index (χ1) is 9.61. The predicted octanol–water partition coefficient (Wildman–Crippen LogP) is 2.09. The molecule has 0 saturated carbocycles. The molecule has 0 atom stereocenters. The van der Waals surface area contributed by atoms with Gasteiger partial charge in [0, 0.05) is 20.2 Å². The quantitative estimate of drug-likeness (QED) is 0.539. The first-order valence-electron chi connectivity index (χ1n) is 7.35. The Labute approximate surface area is 121 Å². The van der Waals surface area contributed by atoms with Gasteiger partial charge < -0.3 is 20.1 Å². The number of hydrogen-bond acceptors (Lipinski definition) is 3. The second-order valence-electron chi connectivity index (χ2n) is 4.81. The molecule has 118 valence electrons. The molecule has 0 bridgehead atoms. The minimum absolute atomic E-state index is 0.283. The first kappa shape index (κ1) is 18.7. The van der Waals surface area contributed by atoms with E-state index in [9.17, 15) is 9.59 Å². The molecule has 2 amide bonds. The molecule has 2 N–H and O–H groups in total. The summed E-state index contributed by atoms with van der Waals surface area (Å²) in [7, 11) is 1.52. The standard InChI is InChI=1S/C14H28N2O4/c1-3-4-5-6-7-8-9-15-14(19)16(10-11-20-2)12-13(17)18/h3-12H2,1-2H3,(H,15,19)(H,17,18). The Morgan fingerprint density at radius 1 is 1.15 bits per heavy atom. The maximum atomic E-state index is 11.8. The monoisotopic (exact) mass is 288 g/mol. The lowest BCUT2D eigenvalue weighted by Gasteiger charge is -2.20. The van der Waals surface area contributed by atoms with Crippen LogP contribution in [0.25, 0.3) is 0 Å². The number of carboxylic acids is 1. The van der Waals surface area contributed by atoms with Crippen LogP contribution in [0, 0.1) is 0 Å². The lowest BCUT2D eigenvalue weighted by Crippen LogP contribution is -2.44. The number of methoxy groups -OCH3 is 1. The maximum absolute atomic E-state index is 11.8. The predicted molar refractivity (Wildman–Crippen MR) is 77.9 cm³/mol. The third-order valence-corrected chi connectivity index (χ3v) is 2.99. The van der Waals surface area contributed by atoms with Crippen LogP contribution in [0.3, 0.4) is 0 Å². The van der Waals surface area contributed by atoms with Crippen LogP contribution in [0.1, 0.15) is 45.4 Å². The molecule has 0 rings (SSSR count). The van der Waals surface area contributed by atoms with E-state index in [-0.39, 0.29) is 19.1 Å². The molecule has 0 aliphatic rings. The Morgan fingerprint density at radius 3 is 2.40 bits per heavy atom. The molecular formula is C14H28N2O4. The molecule has 0 aliphatic heterocycles. The summed E-state index contributed by atoms with van der Waals surface area (Å²) in [4.78, 5) is 23.8. The van der Waals surface area contributed by atoms with Crippen molar-refractivity contribution in [2.75, 3.05) is 33.4 Å². The molecule has 20 heavy (non-hydrogen) atoms. The number of ether oxygens (including phenoxy) is 1. The third-order valence-electron chi connectivity index (χ3n) is 2.99. The van der Waals surface area contributed by atoms with Crippen molar-refractivity contribution in [2.45, 2.75) is 45.4 Å². The number of rotatable bonds is 12. The van der Waals surface area contributed by atoms with Gasteiger partial charge in [0.15, 0.2) is 0 Å². The van der Waals surface area contributed by atoms with Crippen molar-refractivity contribution in [3.05, 3.63) is 0 Å². The highest BCUT2D eigenvalue weighted by atomic mass is 16.5. The van der Waals surface area contributed by atoms with Crippen LogP contribution >= 0.6 is 0 Å². The van der Waals surface area contributed by atoms with E-state index in [0.29, 0.717) is 13.2 Å². The number of urea groups is 1. The van der Waals surface area contributed by atoms with Crippen molar-refractivity contribution < 1.29 is 19.4 Å². The minimum Gasteiger partial charge on any atom is -0.480 e. The third kappa shape index (κ3) is 10.6. The molecular weight excluding hydrogens is 260 g/mol. The van der Waals surface area contributed by atoms with Gasteiger partial charge in [-0.3, -0.25) is 4.79 Å². The van der Waals surface area contributed by atoms with E-state index in [1.54, 1.807) is 0 Å². The molecule has 0 saturated heterocycles. The zero-order valence-electron chi connectivity index (χ0n) is 12.7. The molecule has 0 spiro atoms. The summed E-state index contributed by atoms with van der Waals surface area (Å²) in [6, 6.07) is -0.335. The van der Waals surface area contributed by atoms with Crippen LogP contribution in [-0.4, -0.2) is 55.4 Å². The van der Waals surface area contributed by atoms with Gasteiger partial charge in [-0.05, 0) is 6.42 Å². The molecule has 0 aromatic carbocycles. The number of carboxylic acid groups (broad SMARTS) is 1. The summed E-state index contributed by atoms with van der Waals surface area (Å²) in [6.45, 7) is 3.08. The van der Waals surface area contributed by atoms with Crippen LogP contribution < -0.4 is 5.32 Å². The van der Waals surface area contributed by atoms with Crippen molar-refractivity contribution >= 4 is 12.0 Å². The SMILES string of the molecule is CCCCCCCCNC(=O)N(CCOC)CC(=O)O. The molecule has 0 radical (unpaired) electrons. The molecule has 0 unspecified atom stereocenters. The van der Waals surface area contributed by atoms with Crippen LogP contribution in [0.15, 0.2) is 0 Å². The first-order valence-corrected chi connectivity index (χ1v) is 7.35. The Morgan fingerprint density at radius 2 is 1.80 bits per heavy atom. The number of carbonyl (C=O) groups excluding carboxylic acids is 1. The molecule has 0 heterocycles. The second-order valence-corrected chi connectivity index (χ2v) is 4.81. The topological polar surface area (TPSA) is 78.9 Å². The summed E-state index contributed by atoms with van der Waals surface area (Å²) < 4.78 is 4.87. The fourth-order valence-corrected chi connectivity index (χ4v) is 1.83. The maximum Gasteiger partial charge on any atom is 0.323 e. The normalized spacial score (nSPS) is 10.3. The van der Waals surface area contributed by atoms with E-state index in [0.717, 1.165) is 12.8 Å². The smallest absolute Gasteiger partial charge is 0.323 e. The van der Waals surface area contributed by atoms with Crippen molar-refractivity contribution in [1.29, 1.82) is 0 Å². The van der Waals surface area contributed by atoms with Gasteiger partial charge in [0.25, 0.3) is 0 Å². The molecule has 0 aromatic heterocycles. The summed E-state index contributed by atoms with van der Waals surface area (Å²) in [6.07, 6.45) is 6.93. The van der Waals surface area contributed by atoms with Gasteiger partial charge in [-0.2, -0.15) is 0 Å². The number of hydrogen-bond donors (Lipinski definition) is 2. The lowest BCUT2D eigenvalue weighted by molar-refractivity contribution is -0.137. The summed E-state index contributed by atoms with van der Waals surface area (Å²) >= 11 is 0. The Hall–Kier alpha value is -1.30. The fourth-order valence-electron chi connectivity index (χ4n) is 1.83. The zero-order chi connectivity index (χ0) is 15.2. The van der Waals surface area contributed by atoms with Gasteiger partial charge in [0.2, 0.25) is 0 Å². The van der Waals surface area contributed by atoms with E-state index < -0.39 is 5.97 Å². The van der Waals surface area contributed by atoms with Crippen molar-refractivity contribution in [2.24, 2.45) is 0 Å². The number of aliphatic carboxylic acids is 1. The average molecular weight is 288 g/mol. The van der Waals surface area contributed by atoms with E-state index in [1.165, 1.54) is 37.7 Å². The summed E-state index contributed by atoms with van der Waals surface area (Å²) in [5.41, 5.74) is 0. The average Bonchev–Trinajstić information content (AvgIpc) is 2.41. The number of unbranched alkanes of at least 4 members (excludes halogenated alkanes) is 5. The molecule has 0 aromatic rings. The summed E-state index contributed by atoms with van der Waals surface area (Å²) in [5.74, 6) is -1.02. The van der Waals surface area contributed by atoms with Crippen molar-refractivity contribution in [3.63, 3.8) is 0 Å². The van der Waals surface area contributed by atoms with Crippen LogP contribution in [0.4, 0.5) is 4.79 Å². The number of nitrogens with one attached hydrogen (secondary N) is 1. The zero-order valence-corrected chi connectivity index (χ0v) is 12.7. The lowest BCUT2D eigenvalue weighted by atomic mass is 10.1.